The number of aliphatic hydroxyl groups is 1. The highest BCUT2D eigenvalue weighted by molar-refractivity contribution is 5.00. The van der Waals surface area contributed by atoms with E-state index in [9.17, 15) is 5.11 Å². The second-order valence-electron chi connectivity index (χ2n) is 4.59. The van der Waals surface area contributed by atoms with Crippen molar-refractivity contribution in [3.63, 3.8) is 0 Å². The van der Waals surface area contributed by atoms with Crippen molar-refractivity contribution in [2.24, 2.45) is 11.8 Å². The van der Waals surface area contributed by atoms with Crippen LogP contribution < -0.4 is 0 Å². The van der Waals surface area contributed by atoms with Crippen LogP contribution in [0.15, 0.2) is 0 Å². The molecule has 1 N–H and O–H groups in total. The summed E-state index contributed by atoms with van der Waals surface area (Å²) in [6, 6.07) is 0. The normalized spacial score (nSPS) is 59.0. The van der Waals surface area contributed by atoms with Gasteiger partial charge in [0, 0.05) is 11.8 Å². The van der Waals surface area contributed by atoms with Gasteiger partial charge in [-0.05, 0) is 19.8 Å². The van der Waals surface area contributed by atoms with Gasteiger partial charge in [-0.1, -0.05) is 13.8 Å². The Morgan fingerprint density at radius 2 is 1.58 bits per heavy atom. The minimum absolute atomic E-state index is 0.284. The molecule has 2 rings (SSSR count). The fourth-order valence-corrected chi connectivity index (χ4v) is 2.59. The van der Waals surface area contributed by atoms with E-state index in [1.54, 1.807) is 0 Å². The molecule has 0 spiro atoms. The first kappa shape index (κ1) is 8.52. The standard InChI is InChI=1S/C10H18O2/c1-6-8-4-5-9(12-8)7(2)10(6,3)11/h6-9,11H,4-5H2,1-3H3/t6-,7+,8?,9?,10-. The molecule has 2 fully saturated rings. The minimum atomic E-state index is -0.524. The van der Waals surface area contributed by atoms with Crippen molar-refractivity contribution in [3.05, 3.63) is 0 Å². The molecular formula is C10H18O2. The number of hydrogen-bond acceptors (Lipinski definition) is 2. The lowest BCUT2D eigenvalue weighted by atomic mass is 9.75. The molecule has 0 aliphatic carbocycles. The van der Waals surface area contributed by atoms with Gasteiger partial charge in [0.25, 0.3) is 0 Å². The summed E-state index contributed by atoms with van der Waals surface area (Å²) in [4.78, 5) is 0. The zero-order chi connectivity index (χ0) is 8.93. The quantitative estimate of drug-likeness (QED) is 0.598. The van der Waals surface area contributed by atoms with Crippen LogP contribution in [0.5, 0.6) is 0 Å². The molecule has 2 heterocycles. The lowest BCUT2D eigenvalue weighted by molar-refractivity contribution is -0.179. The van der Waals surface area contributed by atoms with Gasteiger partial charge in [-0.3, -0.25) is 0 Å². The van der Waals surface area contributed by atoms with Gasteiger partial charge < -0.3 is 9.84 Å². The van der Waals surface area contributed by atoms with Gasteiger partial charge in [0.15, 0.2) is 0 Å². The Morgan fingerprint density at radius 1 is 1.17 bits per heavy atom. The predicted molar refractivity (Wildman–Crippen MR) is 46.8 cm³/mol. The number of ether oxygens (including phenoxy) is 1. The molecule has 0 saturated carbocycles. The van der Waals surface area contributed by atoms with Crippen LogP contribution in [0.25, 0.3) is 0 Å². The van der Waals surface area contributed by atoms with Crippen LogP contribution in [0.3, 0.4) is 0 Å². The van der Waals surface area contributed by atoms with E-state index in [1.165, 1.54) is 0 Å². The highest BCUT2D eigenvalue weighted by Gasteiger charge is 2.51. The molecule has 2 aliphatic rings. The summed E-state index contributed by atoms with van der Waals surface area (Å²) < 4.78 is 5.80. The Balaban J connectivity index is 2.27. The van der Waals surface area contributed by atoms with E-state index < -0.39 is 5.60 Å². The molecule has 2 heteroatoms. The van der Waals surface area contributed by atoms with Crippen molar-refractivity contribution in [1.29, 1.82) is 0 Å². The van der Waals surface area contributed by atoms with Crippen LogP contribution in [0.1, 0.15) is 33.6 Å². The van der Waals surface area contributed by atoms with Gasteiger partial charge in [-0.15, -0.1) is 0 Å². The van der Waals surface area contributed by atoms with Gasteiger partial charge in [0.1, 0.15) is 0 Å². The van der Waals surface area contributed by atoms with E-state index in [2.05, 4.69) is 13.8 Å². The fraction of sp³-hybridized carbons (Fsp3) is 1.00. The summed E-state index contributed by atoms with van der Waals surface area (Å²) >= 11 is 0. The molecule has 0 aromatic rings. The lowest BCUT2D eigenvalue weighted by Crippen LogP contribution is -2.52. The first-order chi connectivity index (χ1) is 5.53. The average molecular weight is 170 g/mol. The summed E-state index contributed by atoms with van der Waals surface area (Å²) in [6.45, 7) is 6.15. The lowest BCUT2D eigenvalue weighted by Gasteiger charge is -2.44. The topological polar surface area (TPSA) is 29.5 Å². The van der Waals surface area contributed by atoms with E-state index in [4.69, 9.17) is 4.74 Å². The smallest absolute Gasteiger partial charge is 0.0719 e. The average Bonchev–Trinajstić information content (AvgIpc) is 2.45. The molecule has 70 valence electrons. The molecule has 2 saturated heterocycles. The summed E-state index contributed by atoms with van der Waals surface area (Å²) in [6.07, 6.45) is 2.88. The Bertz CT molecular complexity index is 170. The predicted octanol–water partition coefficient (Wildman–Crippen LogP) is 1.57. The molecule has 2 nitrogen and oxygen atoms in total. The van der Waals surface area contributed by atoms with Gasteiger partial charge in [0.05, 0.1) is 17.8 Å². The Kier molecular flexibility index (Phi) is 1.74. The largest absolute Gasteiger partial charge is 0.389 e. The molecule has 12 heavy (non-hydrogen) atoms. The van der Waals surface area contributed by atoms with E-state index in [-0.39, 0.29) is 11.8 Å². The van der Waals surface area contributed by atoms with Crippen LogP contribution in [0.4, 0.5) is 0 Å². The third-order valence-corrected chi connectivity index (χ3v) is 4.04. The zero-order valence-corrected chi connectivity index (χ0v) is 8.08. The third-order valence-electron chi connectivity index (χ3n) is 4.04. The van der Waals surface area contributed by atoms with E-state index in [0.29, 0.717) is 12.2 Å². The van der Waals surface area contributed by atoms with Crippen molar-refractivity contribution in [2.45, 2.75) is 51.4 Å². The molecule has 2 aliphatic heterocycles. The number of fused-ring (bicyclic) bond motifs is 2. The Hall–Kier alpha value is -0.0800. The summed E-state index contributed by atoms with van der Waals surface area (Å²) in [5.41, 5.74) is -0.524. The van der Waals surface area contributed by atoms with Crippen molar-refractivity contribution >= 4 is 0 Å². The Labute approximate surface area is 73.9 Å². The van der Waals surface area contributed by atoms with Crippen LogP contribution in [0.2, 0.25) is 0 Å². The molecule has 0 radical (unpaired) electrons. The highest BCUT2D eigenvalue weighted by atomic mass is 16.5. The third kappa shape index (κ3) is 0.944. The molecule has 0 amide bonds. The van der Waals surface area contributed by atoms with E-state index in [0.717, 1.165) is 12.8 Å². The van der Waals surface area contributed by atoms with Crippen LogP contribution >= 0.6 is 0 Å². The molecule has 0 aromatic carbocycles. The SMILES string of the molecule is C[C@@H]1C2CCC(O2)[C@H](C)[C@]1(C)O. The van der Waals surface area contributed by atoms with E-state index >= 15 is 0 Å². The van der Waals surface area contributed by atoms with Crippen LogP contribution in [-0.4, -0.2) is 22.9 Å². The molecule has 0 aromatic heterocycles. The molecule has 2 bridgehead atoms. The van der Waals surface area contributed by atoms with Crippen molar-refractivity contribution < 1.29 is 9.84 Å². The van der Waals surface area contributed by atoms with Crippen molar-refractivity contribution in [3.8, 4) is 0 Å². The second kappa shape index (κ2) is 2.46. The summed E-state index contributed by atoms with van der Waals surface area (Å²) in [7, 11) is 0. The second-order valence-corrected chi connectivity index (χ2v) is 4.59. The van der Waals surface area contributed by atoms with Gasteiger partial charge in [-0.25, -0.2) is 0 Å². The van der Waals surface area contributed by atoms with Gasteiger partial charge in [-0.2, -0.15) is 0 Å². The summed E-state index contributed by atoms with van der Waals surface area (Å²) in [5.74, 6) is 0.567. The maximum atomic E-state index is 10.2. The van der Waals surface area contributed by atoms with Crippen LogP contribution in [-0.2, 0) is 4.74 Å². The van der Waals surface area contributed by atoms with Crippen molar-refractivity contribution in [1.82, 2.24) is 0 Å². The molecular weight excluding hydrogens is 152 g/mol. The van der Waals surface area contributed by atoms with E-state index in [1.807, 2.05) is 6.92 Å². The van der Waals surface area contributed by atoms with Crippen molar-refractivity contribution in [2.75, 3.05) is 0 Å². The molecule has 2 unspecified atom stereocenters. The summed E-state index contributed by atoms with van der Waals surface area (Å²) in [5, 5.41) is 10.2. The Morgan fingerprint density at radius 3 is 2.00 bits per heavy atom. The first-order valence-electron chi connectivity index (χ1n) is 4.91. The van der Waals surface area contributed by atoms with Crippen LogP contribution in [0, 0.1) is 11.8 Å². The fourth-order valence-electron chi connectivity index (χ4n) is 2.59. The first-order valence-corrected chi connectivity index (χ1v) is 4.91. The monoisotopic (exact) mass is 170 g/mol. The maximum absolute atomic E-state index is 10.2. The number of hydrogen-bond donors (Lipinski definition) is 1. The van der Waals surface area contributed by atoms with Gasteiger partial charge in [0.2, 0.25) is 0 Å². The van der Waals surface area contributed by atoms with Gasteiger partial charge >= 0.3 is 0 Å². The zero-order valence-electron chi connectivity index (χ0n) is 8.08. The highest BCUT2D eigenvalue weighted by Crippen LogP contribution is 2.45. The number of rotatable bonds is 0. The molecule has 5 atom stereocenters. The maximum Gasteiger partial charge on any atom is 0.0719 e. The minimum Gasteiger partial charge on any atom is -0.389 e.